The Morgan fingerprint density at radius 1 is 0.875 bits per heavy atom. The summed E-state index contributed by atoms with van der Waals surface area (Å²) in [5.41, 5.74) is 5.05. The molecule has 1 aliphatic heterocycles. The van der Waals surface area contributed by atoms with E-state index in [4.69, 9.17) is 14.2 Å². The first-order valence-electron chi connectivity index (χ1n) is 11.3. The molecule has 1 aromatic heterocycles. The number of fused-ring (bicyclic) bond motifs is 1. The van der Waals surface area contributed by atoms with E-state index in [9.17, 15) is 0 Å². The molecule has 1 aliphatic rings. The number of hydrogen-bond acceptors (Lipinski definition) is 4. The summed E-state index contributed by atoms with van der Waals surface area (Å²) in [7, 11) is 5.01. The highest BCUT2D eigenvalue weighted by atomic mass is 16.5. The highest BCUT2D eigenvalue weighted by molar-refractivity contribution is 5.58. The SMILES string of the molecule is COc1ccc([C@@H]2c3cccn3CCCN2Cc2ccc(C(C)C)cc2)c(OC)c1OC. The van der Waals surface area contributed by atoms with Crippen molar-refractivity contribution in [2.45, 2.75) is 45.3 Å². The van der Waals surface area contributed by atoms with E-state index in [0.717, 1.165) is 37.4 Å². The molecule has 0 radical (unpaired) electrons. The minimum absolute atomic E-state index is 0.0482. The van der Waals surface area contributed by atoms with E-state index in [1.165, 1.54) is 16.8 Å². The van der Waals surface area contributed by atoms with Crippen molar-refractivity contribution < 1.29 is 14.2 Å². The van der Waals surface area contributed by atoms with Gasteiger partial charge in [-0.2, -0.15) is 0 Å². The Bertz CT molecular complexity index is 1040. The first kappa shape index (κ1) is 22.3. The Morgan fingerprint density at radius 3 is 2.28 bits per heavy atom. The summed E-state index contributed by atoms with van der Waals surface area (Å²) in [5, 5.41) is 0. The molecular formula is C27H34N2O3. The van der Waals surface area contributed by atoms with Crippen molar-refractivity contribution in [2.24, 2.45) is 0 Å². The van der Waals surface area contributed by atoms with Crippen molar-refractivity contribution >= 4 is 0 Å². The van der Waals surface area contributed by atoms with Crippen LogP contribution in [-0.2, 0) is 13.1 Å². The first-order chi connectivity index (χ1) is 15.6. The molecule has 2 heterocycles. The summed E-state index contributed by atoms with van der Waals surface area (Å²) in [6, 6.07) is 17.5. The van der Waals surface area contributed by atoms with Crippen molar-refractivity contribution in [1.29, 1.82) is 0 Å². The van der Waals surface area contributed by atoms with Crippen LogP contribution in [0.25, 0.3) is 0 Å². The molecule has 5 nitrogen and oxygen atoms in total. The minimum Gasteiger partial charge on any atom is -0.493 e. The zero-order valence-corrected chi connectivity index (χ0v) is 19.8. The van der Waals surface area contributed by atoms with Gasteiger partial charge >= 0.3 is 0 Å². The van der Waals surface area contributed by atoms with Gasteiger partial charge in [0, 0.05) is 37.1 Å². The molecule has 5 heteroatoms. The molecule has 170 valence electrons. The maximum Gasteiger partial charge on any atom is 0.203 e. The van der Waals surface area contributed by atoms with Crippen molar-refractivity contribution in [3.05, 3.63) is 77.1 Å². The molecule has 0 saturated carbocycles. The van der Waals surface area contributed by atoms with Crippen LogP contribution in [0.15, 0.2) is 54.7 Å². The summed E-state index contributed by atoms with van der Waals surface area (Å²) >= 11 is 0. The van der Waals surface area contributed by atoms with E-state index in [2.05, 4.69) is 72.0 Å². The Labute approximate surface area is 191 Å². The molecule has 2 aromatic carbocycles. The Hall–Kier alpha value is -2.92. The topological polar surface area (TPSA) is 35.9 Å². The zero-order chi connectivity index (χ0) is 22.7. The van der Waals surface area contributed by atoms with Crippen LogP contribution in [0.4, 0.5) is 0 Å². The van der Waals surface area contributed by atoms with Crippen LogP contribution in [0, 0.1) is 0 Å². The van der Waals surface area contributed by atoms with Crippen LogP contribution < -0.4 is 14.2 Å². The molecule has 0 spiro atoms. The van der Waals surface area contributed by atoms with E-state index in [1.807, 2.05) is 6.07 Å². The number of aromatic nitrogens is 1. The average Bonchev–Trinajstić information content (AvgIpc) is 3.20. The lowest BCUT2D eigenvalue weighted by Gasteiger charge is -2.32. The monoisotopic (exact) mass is 434 g/mol. The standard InChI is InChI=1S/C27H34N2O3/c1-19(2)21-11-9-20(10-12-21)18-29-17-7-16-28-15-6-8-23(28)25(29)22-13-14-24(30-3)27(32-5)26(22)31-4/h6,8-15,19,25H,7,16-18H2,1-5H3/t25-/m1/s1. The minimum atomic E-state index is 0.0482. The largest absolute Gasteiger partial charge is 0.493 e. The van der Waals surface area contributed by atoms with E-state index in [1.54, 1.807) is 21.3 Å². The molecule has 0 aliphatic carbocycles. The third-order valence-electron chi connectivity index (χ3n) is 6.42. The highest BCUT2D eigenvalue weighted by Gasteiger charge is 2.31. The summed E-state index contributed by atoms with van der Waals surface area (Å²) in [5.74, 6) is 2.57. The average molecular weight is 435 g/mol. The fourth-order valence-corrected chi connectivity index (χ4v) is 4.75. The normalized spacial score (nSPS) is 16.5. The van der Waals surface area contributed by atoms with Gasteiger partial charge in [0.25, 0.3) is 0 Å². The van der Waals surface area contributed by atoms with E-state index in [0.29, 0.717) is 17.4 Å². The lowest BCUT2D eigenvalue weighted by Crippen LogP contribution is -2.30. The second kappa shape index (κ2) is 9.70. The van der Waals surface area contributed by atoms with E-state index in [-0.39, 0.29) is 6.04 Å². The van der Waals surface area contributed by atoms with Gasteiger partial charge in [-0.3, -0.25) is 4.90 Å². The highest BCUT2D eigenvalue weighted by Crippen LogP contribution is 2.46. The van der Waals surface area contributed by atoms with Crippen LogP contribution in [-0.4, -0.2) is 37.3 Å². The van der Waals surface area contributed by atoms with Gasteiger partial charge in [0.05, 0.1) is 27.4 Å². The molecule has 0 unspecified atom stereocenters. The maximum absolute atomic E-state index is 5.90. The number of ether oxygens (including phenoxy) is 3. The van der Waals surface area contributed by atoms with Gasteiger partial charge in [-0.1, -0.05) is 38.1 Å². The van der Waals surface area contributed by atoms with Gasteiger partial charge in [0.2, 0.25) is 5.75 Å². The predicted molar refractivity (Wildman–Crippen MR) is 128 cm³/mol. The van der Waals surface area contributed by atoms with Crippen LogP contribution in [0.1, 0.15) is 54.6 Å². The maximum atomic E-state index is 5.90. The quantitative estimate of drug-likeness (QED) is 0.483. The first-order valence-corrected chi connectivity index (χ1v) is 11.3. The summed E-state index contributed by atoms with van der Waals surface area (Å²) < 4.78 is 19.5. The molecular weight excluding hydrogens is 400 g/mol. The number of benzene rings is 2. The van der Waals surface area contributed by atoms with Gasteiger partial charge in [-0.05, 0) is 47.7 Å². The molecule has 32 heavy (non-hydrogen) atoms. The summed E-state index contributed by atoms with van der Waals surface area (Å²) in [4.78, 5) is 2.55. The second-order valence-electron chi connectivity index (χ2n) is 8.67. The lowest BCUT2D eigenvalue weighted by atomic mass is 9.98. The van der Waals surface area contributed by atoms with Gasteiger partial charge < -0.3 is 18.8 Å². The third-order valence-corrected chi connectivity index (χ3v) is 6.42. The Balaban J connectivity index is 1.79. The van der Waals surface area contributed by atoms with E-state index < -0.39 is 0 Å². The molecule has 3 aromatic rings. The van der Waals surface area contributed by atoms with Crippen LogP contribution >= 0.6 is 0 Å². The molecule has 0 saturated heterocycles. The number of nitrogens with zero attached hydrogens (tertiary/aromatic N) is 2. The lowest BCUT2D eigenvalue weighted by molar-refractivity contribution is 0.214. The third kappa shape index (κ3) is 4.22. The van der Waals surface area contributed by atoms with Crippen molar-refractivity contribution in [1.82, 2.24) is 9.47 Å². The van der Waals surface area contributed by atoms with Gasteiger partial charge in [0.15, 0.2) is 11.5 Å². The summed E-state index contributed by atoms with van der Waals surface area (Å²) in [6.45, 7) is 7.34. The van der Waals surface area contributed by atoms with Crippen LogP contribution in [0.2, 0.25) is 0 Å². The number of methoxy groups -OCH3 is 3. The number of rotatable bonds is 7. The molecule has 0 fully saturated rings. The van der Waals surface area contributed by atoms with Crippen molar-refractivity contribution in [3.8, 4) is 17.2 Å². The predicted octanol–water partition coefficient (Wildman–Crippen LogP) is 5.63. The zero-order valence-electron chi connectivity index (χ0n) is 19.8. The van der Waals surface area contributed by atoms with Gasteiger partial charge in [-0.25, -0.2) is 0 Å². The molecule has 1 atom stereocenters. The van der Waals surface area contributed by atoms with Crippen molar-refractivity contribution in [2.75, 3.05) is 27.9 Å². The molecule has 0 bridgehead atoms. The Kier molecular flexibility index (Phi) is 6.75. The smallest absolute Gasteiger partial charge is 0.203 e. The summed E-state index contributed by atoms with van der Waals surface area (Å²) in [6.07, 6.45) is 3.27. The molecule has 4 rings (SSSR count). The Morgan fingerprint density at radius 2 is 1.62 bits per heavy atom. The fourth-order valence-electron chi connectivity index (χ4n) is 4.75. The number of aryl methyl sites for hydroxylation is 1. The molecule has 0 amide bonds. The van der Waals surface area contributed by atoms with E-state index >= 15 is 0 Å². The van der Waals surface area contributed by atoms with Gasteiger partial charge in [0.1, 0.15) is 0 Å². The van der Waals surface area contributed by atoms with Crippen LogP contribution in [0.5, 0.6) is 17.2 Å². The molecule has 0 N–H and O–H groups in total. The second-order valence-corrected chi connectivity index (χ2v) is 8.67. The van der Waals surface area contributed by atoms with Crippen LogP contribution in [0.3, 0.4) is 0 Å². The van der Waals surface area contributed by atoms with Crippen molar-refractivity contribution in [3.63, 3.8) is 0 Å². The number of hydrogen-bond donors (Lipinski definition) is 0. The fraction of sp³-hybridized carbons (Fsp3) is 0.407. The van der Waals surface area contributed by atoms with Gasteiger partial charge in [-0.15, -0.1) is 0 Å².